The summed E-state index contributed by atoms with van der Waals surface area (Å²) in [7, 11) is 1.59. The van der Waals surface area contributed by atoms with Gasteiger partial charge in [-0.25, -0.2) is 4.39 Å². The van der Waals surface area contributed by atoms with Crippen LogP contribution in [0.4, 0.5) is 4.39 Å². The van der Waals surface area contributed by atoms with Crippen LogP contribution < -0.4 is 14.8 Å². The topological polar surface area (TPSA) is 64.6 Å². The number of halogens is 2. The molecule has 1 N–H and O–H groups in total. The number of ether oxygens (including phenoxy) is 2. The van der Waals surface area contributed by atoms with Crippen molar-refractivity contribution in [2.45, 2.75) is 31.2 Å². The first kappa shape index (κ1) is 19.7. The number of methoxy groups -OCH3 is 1. The van der Waals surface area contributed by atoms with E-state index in [0.717, 1.165) is 31.1 Å². The van der Waals surface area contributed by atoms with Crippen LogP contribution in [0.5, 0.6) is 11.5 Å². The molecule has 29 heavy (non-hydrogen) atoms. The van der Waals surface area contributed by atoms with Gasteiger partial charge in [0.05, 0.1) is 12.1 Å². The molecule has 7 heteroatoms. The number of benzene rings is 2. The van der Waals surface area contributed by atoms with Crippen LogP contribution in [0.2, 0.25) is 5.02 Å². The van der Waals surface area contributed by atoms with Gasteiger partial charge in [-0.1, -0.05) is 11.6 Å². The second-order valence-corrected chi connectivity index (χ2v) is 8.46. The second-order valence-electron chi connectivity index (χ2n) is 8.05. The van der Waals surface area contributed by atoms with Crippen molar-refractivity contribution in [1.29, 1.82) is 0 Å². The van der Waals surface area contributed by atoms with E-state index in [4.69, 9.17) is 21.1 Å². The van der Waals surface area contributed by atoms with Crippen LogP contribution in [0, 0.1) is 11.2 Å². The quantitative estimate of drug-likeness (QED) is 0.654. The molecule has 3 aliphatic rings. The van der Waals surface area contributed by atoms with Gasteiger partial charge in [0.25, 0.3) is 5.91 Å². The highest BCUT2D eigenvalue weighted by Crippen LogP contribution is 2.69. The van der Waals surface area contributed by atoms with E-state index < -0.39 is 5.82 Å². The van der Waals surface area contributed by atoms with Gasteiger partial charge in [0.1, 0.15) is 17.3 Å². The highest BCUT2D eigenvalue weighted by molar-refractivity contribution is 6.30. The molecule has 2 aromatic rings. The van der Waals surface area contributed by atoms with E-state index in [1.807, 2.05) is 0 Å². The number of nitrogens with one attached hydrogen (secondary N) is 1. The van der Waals surface area contributed by atoms with Crippen LogP contribution >= 0.6 is 11.6 Å². The Kier molecular flexibility index (Phi) is 4.99. The van der Waals surface area contributed by atoms with Crippen molar-refractivity contribution in [2.24, 2.45) is 5.41 Å². The molecule has 0 atom stereocenters. The Bertz CT molecular complexity index is 940. The minimum absolute atomic E-state index is 0.00477. The van der Waals surface area contributed by atoms with Crippen LogP contribution in [0.3, 0.4) is 0 Å². The number of carbonyl (C=O) groups is 2. The Labute approximate surface area is 173 Å². The standard InChI is InChI=1S/C22H21ClFNO4/c1-28-15-4-2-14(3-5-15)19(26)9-21-11-22(12-21,13-21)25-20(27)10-29-16-6-7-17(23)18(24)8-16/h2-8H,9-13H2,1H3,(H,25,27). The maximum absolute atomic E-state index is 13.4. The lowest BCUT2D eigenvalue weighted by molar-refractivity contribution is -0.164. The monoisotopic (exact) mass is 417 g/mol. The molecule has 152 valence electrons. The number of hydrogen-bond donors (Lipinski definition) is 1. The lowest BCUT2D eigenvalue weighted by Crippen LogP contribution is -2.75. The molecule has 3 fully saturated rings. The first-order chi connectivity index (χ1) is 13.8. The van der Waals surface area contributed by atoms with Crippen molar-refractivity contribution in [2.75, 3.05) is 13.7 Å². The van der Waals surface area contributed by atoms with E-state index in [9.17, 15) is 14.0 Å². The van der Waals surface area contributed by atoms with Crippen LogP contribution in [0.1, 0.15) is 36.0 Å². The minimum atomic E-state index is -0.590. The lowest BCUT2D eigenvalue weighted by atomic mass is 9.38. The fraction of sp³-hybridized carbons (Fsp3) is 0.364. The van der Waals surface area contributed by atoms with E-state index in [0.29, 0.717) is 12.0 Å². The maximum atomic E-state index is 13.4. The van der Waals surface area contributed by atoms with Crippen molar-refractivity contribution in [3.05, 3.63) is 58.9 Å². The van der Waals surface area contributed by atoms with Crippen molar-refractivity contribution in [3.8, 4) is 11.5 Å². The molecule has 0 saturated heterocycles. The van der Waals surface area contributed by atoms with Crippen molar-refractivity contribution in [1.82, 2.24) is 5.32 Å². The van der Waals surface area contributed by atoms with Crippen molar-refractivity contribution >= 4 is 23.3 Å². The lowest BCUT2D eigenvalue weighted by Gasteiger charge is -2.70. The molecule has 0 radical (unpaired) electrons. The van der Waals surface area contributed by atoms with E-state index in [1.165, 1.54) is 12.1 Å². The Morgan fingerprint density at radius 2 is 1.76 bits per heavy atom. The number of rotatable bonds is 8. The molecule has 1 amide bonds. The largest absolute Gasteiger partial charge is 0.497 e. The summed E-state index contributed by atoms with van der Waals surface area (Å²) in [5, 5.41) is 3.00. The second kappa shape index (κ2) is 7.34. The SMILES string of the molecule is COc1ccc(C(=O)CC23CC(NC(=O)COc4ccc(Cl)c(F)c4)(C2)C3)cc1. The van der Waals surface area contributed by atoms with Crippen LogP contribution in [-0.4, -0.2) is 30.9 Å². The van der Waals surface area contributed by atoms with E-state index in [2.05, 4.69) is 5.32 Å². The summed E-state index contributed by atoms with van der Waals surface area (Å²) in [4.78, 5) is 24.7. The summed E-state index contributed by atoms with van der Waals surface area (Å²) in [5.41, 5.74) is 0.438. The summed E-state index contributed by atoms with van der Waals surface area (Å²) in [6, 6.07) is 11.2. The summed E-state index contributed by atoms with van der Waals surface area (Å²) in [6.07, 6.45) is 2.87. The molecule has 0 heterocycles. The van der Waals surface area contributed by atoms with Crippen LogP contribution in [-0.2, 0) is 4.79 Å². The first-order valence-corrected chi connectivity index (χ1v) is 9.76. The molecular formula is C22H21ClFNO4. The van der Waals surface area contributed by atoms with Gasteiger partial charge in [-0.2, -0.15) is 0 Å². The average Bonchev–Trinajstić information content (AvgIpc) is 2.66. The predicted octanol–water partition coefficient (Wildman–Crippen LogP) is 4.18. The Balaban J connectivity index is 1.23. The van der Waals surface area contributed by atoms with Crippen molar-refractivity contribution in [3.63, 3.8) is 0 Å². The van der Waals surface area contributed by atoms with Crippen molar-refractivity contribution < 1.29 is 23.5 Å². The summed E-state index contributed by atoms with van der Waals surface area (Å²) >= 11 is 5.62. The third-order valence-electron chi connectivity index (χ3n) is 5.75. The zero-order chi connectivity index (χ0) is 20.6. The zero-order valence-electron chi connectivity index (χ0n) is 16.0. The predicted molar refractivity (Wildman–Crippen MR) is 106 cm³/mol. The van der Waals surface area contributed by atoms with E-state index >= 15 is 0 Å². The van der Waals surface area contributed by atoms with E-state index in [-0.39, 0.29) is 40.0 Å². The zero-order valence-corrected chi connectivity index (χ0v) is 16.7. The molecule has 3 aliphatic carbocycles. The molecular weight excluding hydrogens is 397 g/mol. The minimum Gasteiger partial charge on any atom is -0.497 e. The number of hydrogen-bond acceptors (Lipinski definition) is 4. The van der Waals surface area contributed by atoms with E-state index in [1.54, 1.807) is 31.4 Å². The van der Waals surface area contributed by atoms with Crippen LogP contribution in [0.15, 0.2) is 42.5 Å². The van der Waals surface area contributed by atoms with Gasteiger partial charge in [-0.05, 0) is 61.1 Å². The third-order valence-corrected chi connectivity index (χ3v) is 6.06. The molecule has 5 nitrogen and oxygen atoms in total. The highest BCUT2D eigenvalue weighted by atomic mass is 35.5. The molecule has 2 bridgehead atoms. The van der Waals surface area contributed by atoms with Gasteiger partial charge in [0, 0.05) is 23.6 Å². The average molecular weight is 418 g/mol. The molecule has 3 saturated carbocycles. The molecule has 0 spiro atoms. The molecule has 5 rings (SSSR count). The van der Waals surface area contributed by atoms with Gasteiger partial charge in [-0.15, -0.1) is 0 Å². The number of ketones is 1. The smallest absolute Gasteiger partial charge is 0.258 e. The van der Waals surface area contributed by atoms with Gasteiger partial charge < -0.3 is 14.8 Å². The van der Waals surface area contributed by atoms with Gasteiger partial charge in [-0.3, -0.25) is 9.59 Å². The Hall–Kier alpha value is -2.60. The fourth-order valence-corrected chi connectivity index (χ4v) is 4.70. The number of amides is 1. The summed E-state index contributed by atoms with van der Waals surface area (Å²) in [5.74, 6) is 0.237. The normalized spacial score (nSPS) is 24.1. The highest BCUT2D eigenvalue weighted by Gasteiger charge is 2.68. The first-order valence-electron chi connectivity index (χ1n) is 9.38. The molecule has 0 aromatic heterocycles. The fourth-order valence-electron chi connectivity index (χ4n) is 4.59. The van der Waals surface area contributed by atoms with Gasteiger partial charge in [0.15, 0.2) is 12.4 Å². The maximum Gasteiger partial charge on any atom is 0.258 e. The summed E-state index contributed by atoms with van der Waals surface area (Å²) < 4.78 is 23.8. The van der Waals surface area contributed by atoms with Gasteiger partial charge >= 0.3 is 0 Å². The molecule has 0 aliphatic heterocycles. The number of Topliss-reactive ketones (excluding diaryl/α,β-unsaturated/α-hetero) is 1. The molecule has 2 aromatic carbocycles. The Morgan fingerprint density at radius 1 is 1.10 bits per heavy atom. The Morgan fingerprint density at radius 3 is 2.38 bits per heavy atom. The number of carbonyl (C=O) groups excluding carboxylic acids is 2. The summed E-state index contributed by atoms with van der Waals surface area (Å²) in [6.45, 7) is -0.194. The molecule has 0 unspecified atom stereocenters. The third kappa shape index (κ3) is 3.94. The van der Waals surface area contributed by atoms with Crippen LogP contribution in [0.25, 0.3) is 0 Å². The van der Waals surface area contributed by atoms with Gasteiger partial charge in [0.2, 0.25) is 0 Å².